The van der Waals surface area contributed by atoms with Gasteiger partial charge in [0.15, 0.2) is 5.82 Å². The van der Waals surface area contributed by atoms with Crippen LogP contribution in [0.25, 0.3) is 0 Å². The lowest BCUT2D eigenvalue weighted by atomic mass is 9.98. The van der Waals surface area contributed by atoms with E-state index in [0.29, 0.717) is 37.6 Å². The van der Waals surface area contributed by atoms with Gasteiger partial charge in [0.2, 0.25) is 0 Å². The molecule has 1 fully saturated rings. The van der Waals surface area contributed by atoms with Gasteiger partial charge in [-0.2, -0.15) is 0 Å². The molecule has 0 amide bonds. The molecule has 0 atom stereocenters. The van der Waals surface area contributed by atoms with Crippen molar-refractivity contribution in [1.29, 1.82) is 0 Å². The molecule has 2 rings (SSSR count). The minimum absolute atomic E-state index is 0.384. The molecule has 0 bridgehead atoms. The SMILES string of the molecule is CCOCc1nc(N)cc(NCCOC2CCCCC2)n1. The van der Waals surface area contributed by atoms with Gasteiger partial charge in [-0.1, -0.05) is 19.3 Å². The molecule has 21 heavy (non-hydrogen) atoms. The minimum atomic E-state index is 0.384. The Morgan fingerprint density at radius 1 is 1.29 bits per heavy atom. The van der Waals surface area contributed by atoms with E-state index in [9.17, 15) is 0 Å². The number of hydrogen-bond acceptors (Lipinski definition) is 6. The third-order valence-corrected chi connectivity index (χ3v) is 3.54. The molecular formula is C15H26N4O2. The zero-order chi connectivity index (χ0) is 14.9. The van der Waals surface area contributed by atoms with E-state index < -0.39 is 0 Å². The normalized spacial score (nSPS) is 16.0. The zero-order valence-electron chi connectivity index (χ0n) is 12.8. The summed E-state index contributed by atoms with van der Waals surface area (Å²) in [6.07, 6.45) is 6.76. The Bertz CT molecular complexity index is 422. The molecule has 0 radical (unpaired) electrons. The number of hydrogen-bond donors (Lipinski definition) is 2. The number of nitrogens with zero attached hydrogens (tertiary/aromatic N) is 2. The molecule has 0 aliphatic heterocycles. The van der Waals surface area contributed by atoms with Gasteiger partial charge in [-0.3, -0.25) is 0 Å². The highest BCUT2D eigenvalue weighted by Crippen LogP contribution is 2.20. The molecule has 1 heterocycles. The van der Waals surface area contributed by atoms with E-state index in [1.54, 1.807) is 6.07 Å². The summed E-state index contributed by atoms with van der Waals surface area (Å²) in [5.41, 5.74) is 5.77. The third-order valence-electron chi connectivity index (χ3n) is 3.54. The van der Waals surface area contributed by atoms with Crippen molar-refractivity contribution >= 4 is 11.6 Å². The number of nitrogens with two attached hydrogens (primary N) is 1. The largest absolute Gasteiger partial charge is 0.384 e. The molecule has 6 heteroatoms. The summed E-state index contributed by atoms with van der Waals surface area (Å²) >= 11 is 0. The molecule has 0 aromatic carbocycles. The van der Waals surface area contributed by atoms with Crippen LogP contribution >= 0.6 is 0 Å². The van der Waals surface area contributed by atoms with Crippen LogP contribution < -0.4 is 11.1 Å². The summed E-state index contributed by atoms with van der Waals surface area (Å²) in [6, 6.07) is 1.73. The maximum atomic E-state index is 5.87. The molecule has 0 saturated heterocycles. The summed E-state index contributed by atoms with van der Waals surface area (Å²) < 4.78 is 11.2. The average Bonchev–Trinajstić information content (AvgIpc) is 2.50. The molecular weight excluding hydrogens is 268 g/mol. The Kier molecular flexibility index (Phi) is 6.69. The van der Waals surface area contributed by atoms with E-state index in [1.165, 1.54) is 32.1 Å². The van der Waals surface area contributed by atoms with Crippen molar-refractivity contribution in [2.24, 2.45) is 0 Å². The van der Waals surface area contributed by atoms with Gasteiger partial charge >= 0.3 is 0 Å². The van der Waals surface area contributed by atoms with Crippen molar-refractivity contribution in [2.75, 3.05) is 30.8 Å². The van der Waals surface area contributed by atoms with E-state index in [4.69, 9.17) is 15.2 Å². The second-order valence-electron chi connectivity index (χ2n) is 5.29. The predicted octanol–water partition coefficient (Wildman–Crippen LogP) is 2.36. The summed E-state index contributed by atoms with van der Waals surface area (Å²) in [5.74, 6) is 1.78. The van der Waals surface area contributed by atoms with Crippen molar-refractivity contribution in [3.8, 4) is 0 Å². The van der Waals surface area contributed by atoms with Crippen molar-refractivity contribution < 1.29 is 9.47 Å². The minimum Gasteiger partial charge on any atom is -0.384 e. The highest BCUT2D eigenvalue weighted by Gasteiger charge is 2.13. The van der Waals surface area contributed by atoms with E-state index in [0.717, 1.165) is 12.4 Å². The number of nitrogens with one attached hydrogen (secondary N) is 1. The van der Waals surface area contributed by atoms with Crippen LogP contribution in [-0.2, 0) is 16.1 Å². The highest BCUT2D eigenvalue weighted by atomic mass is 16.5. The van der Waals surface area contributed by atoms with Gasteiger partial charge in [-0.25, -0.2) is 9.97 Å². The molecule has 1 aliphatic rings. The fourth-order valence-corrected chi connectivity index (χ4v) is 2.50. The van der Waals surface area contributed by atoms with Crippen LogP contribution in [0.15, 0.2) is 6.07 Å². The Hall–Kier alpha value is -1.40. The van der Waals surface area contributed by atoms with Crippen molar-refractivity contribution in [3.63, 3.8) is 0 Å². The molecule has 3 N–H and O–H groups in total. The fourth-order valence-electron chi connectivity index (χ4n) is 2.50. The summed E-state index contributed by atoms with van der Waals surface area (Å²) in [6.45, 7) is 4.37. The average molecular weight is 294 g/mol. The van der Waals surface area contributed by atoms with Crippen LogP contribution in [0.1, 0.15) is 44.9 Å². The van der Waals surface area contributed by atoms with E-state index in [1.807, 2.05) is 6.92 Å². The topological polar surface area (TPSA) is 82.3 Å². The number of rotatable bonds is 8. The lowest BCUT2D eigenvalue weighted by molar-refractivity contribution is 0.0347. The Morgan fingerprint density at radius 3 is 2.86 bits per heavy atom. The van der Waals surface area contributed by atoms with Crippen LogP contribution in [0.5, 0.6) is 0 Å². The quantitative estimate of drug-likeness (QED) is 0.716. The van der Waals surface area contributed by atoms with Crippen LogP contribution in [0.3, 0.4) is 0 Å². The first-order chi connectivity index (χ1) is 10.3. The monoisotopic (exact) mass is 294 g/mol. The highest BCUT2D eigenvalue weighted by molar-refractivity contribution is 5.44. The summed E-state index contributed by atoms with van der Waals surface area (Å²) in [7, 11) is 0. The molecule has 1 aliphatic carbocycles. The Labute approximate surface area is 126 Å². The Balaban J connectivity index is 1.72. The van der Waals surface area contributed by atoms with E-state index >= 15 is 0 Å². The molecule has 6 nitrogen and oxygen atoms in total. The molecule has 1 saturated carbocycles. The lowest BCUT2D eigenvalue weighted by Gasteiger charge is -2.22. The maximum absolute atomic E-state index is 5.87. The van der Waals surface area contributed by atoms with Crippen molar-refractivity contribution in [2.45, 2.75) is 51.7 Å². The molecule has 0 spiro atoms. The molecule has 118 valence electrons. The first kappa shape index (κ1) is 16.0. The zero-order valence-corrected chi connectivity index (χ0v) is 12.8. The van der Waals surface area contributed by atoms with Crippen molar-refractivity contribution in [3.05, 3.63) is 11.9 Å². The third kappa shape index (κ3) is 5.85. The van der Waals surface area contributed by atoms with Crippen LogP contribution in [-0.4, -0.2) is 35.8 Å². The standard InChI is InChI=1S/C15H26N4O2/c1-2-20-11-15-18-13(16)10-14(19-15)17-8-9-21-12-6-4-3-5-7-12/h10,12H,2-9,11H2,1H3,(H3,16,17,18,19). The van der Waals surface area contributed by atoms with Gasteiger partial charge in [0.05, 0.1) is 12.7 Å². The number of nitrogen functional groups attached to an aromatic ring is 1. The maximum Gasteiger partial charge on any atom is 0.158 e. The fraction of sp³-hybridized carbons (Fsp3) is 0.733. The number of anilines is 2. The number of ether oxygens (including phenoxy) is 2. The smallest absolute Gasteiger partial charge is 0.158 e. The first-order valence-corrected chi connectivity index (χ1v) is 7.84. The second-order valence-corrected chi connectivity index (χ2v) is 5.29. The van der Waals surface area contributed by atoms with Gasteiger partial charge in [-0.05, 0) is 19.8 Å². The van der Waals surface area contributed by atoms with Gasteiger partial charge < -0.3 is 20.5 Å². The first-order valence-electron chi connectivity index (χ1n) is 7.84. The van der Waals surface area contributed by atoms with Gasteiger partial charge in [0.1, 0.15) is 18.2 Å². The van der Waals surface area contributed by atoms with E-state index in [-0.39, 0.29) is 0 Å². The lowest BCUT2D eigenvalue weighted by Crippen LogP contribution is -2.21. The van der Waals surface area contributed by atoms with Crippen LogP contribution in [0.4, 0.5) is 11.6 Å². The Morgan fingerprint density at radius 2 is 2.10 bits per heavy atom. The van der Waals surface area contributed by atoms with Crippen LogP contribution in [0.2, 0.25) is 0 Å². The van der Waals surface area contributed by atoms with Crippen molar-refractivity contribution in [1.82, 2.24) is 9.97 Å². The summed E-state index contributed by atoms with van der Waals surface area (Å²) in [5, 5.41) is 3.23. The molecule has 1 aromatic heterocycles. The number of aromatic nitrogens is 2. The molecule has 1 aromatic rings. The second kappa shape index (κ2) is 8.79. The summed E-state index contributed by atoms with van der Waals surface area (Å²) in [4.78, 5) is 8.52. The molecule has 0 unspecified atom stereocenters. The van der Waals surface area contributed by atoms with Gasteiger partial charge in [-0.15, -0.1) is 0 Å². The van der Waals surface area contributed by atoms with E-state index in [2.05, 4.69) is 15.3 Å². The van der Waals surface area contributed by atoms with Gasteiger partial charge in [0, 0.05) is 19.2 Å². The van der Waals surface area contributed by atoms with Gasteiger partial charge in [0.25, 0.3) is 0 Å². The predicted molar refractivity (Wildman–Crippen MR) is 83.1 cm³/mol. The van der Waals surface area contributed by atoms with Crippen LogP contribution in [0, 0.1) is 0 Å².